The highest BCUT2D eigenvalue weighted by Gasteiger charge is 2.18. The first-order valence-electron chi connectivity index (χ1n) is 6.19. The Morgan fingerprint density at radius 2 is 2.21 bits per heavy atom. The second-order valence-corrected chi connectivity index (χ2v) is 4.71. The lowest BCUT2D eigenvalue weighted by Crippen LogP contribution is -2.35. The molecule has 102 valence electrons. The van der Waals surface area contributed by atoms with Crippen molar-refractivity contribution < 1.29 is 9.21 Å². The molecule has 2 rings (SSSR count). The van der Waals surface area contributed by atoms with Gasteiger partial charge in [0.1, 0.15) is 11.5 Å². The summed E-state index contributed by atoms with van der Waals surface area (Å²) in [5.74, 6) is 0.767. The molecule has 1 amide bonds. The molecule has 0 aliphatic carbocycles. The predicted octanol–water partition coefficient (Wildman–Crippen LogP) is 1.65. The van der Waals surface area contributed by atoms with Gasteiger partial charge in [0.05, 0.1) is 12.3 Å². The van der Waals surface area contributed by atoms with Crippen molar-refractivity contribution in [3.63, 3.8) is 0 Å². The normalized spacial score (nSPS) is 12.6. The number of aryl methyl sites for hydroxylation is 1. The fraction of sp³-hybridized carbons (Fsp3) is 0.357. The SMILES string of the molecule is CN(C)C(CNC(=O)c1cccn1C)c1ccco1. The fourth-order valence-electron chi connectivity index (χ4n) is 2.00. The van der Waals surface area contributed by atoms with Crippen LogP contribution in [0.25, 0.3) is 0 Å². The van der Waals surface area contributed by atoms with E-state index in [0.717, 1.165) is 5.76 Å². The lowest BCUT2D eigenvalue weighted by Gasteiger charge is -2.22. The Labute approximate surface area is 112 Å². The maximum Gasteiger partial charge on any atom is 0.267 e. The zero-order chi connectivity index (χ0) is 13.8. The molecule has 0 spiro atoms. The topological polar surface area (TPSA) is 50.4 Å². The summed E-state index contributed by atoms with van der Waals surface area (Å²) in [7, 11) is 5.77. The number of nitrogens with zero attached hydrogens (tertiary/aromatic N) is 2. The van der Waals surface area contributed by atoms with Crippen molar-refractivity contribution in [2.75, 3.05) is 20.6 Å². The van der Waals surface area contributed by atoms with E-state index in [1.165, 1.54) is 0 Å². The van der Waals surface area contributed by atoms with E-state index in [0.29, 0.717) is 12.2 Å². The molecule has 1 atom stereocenters. The van der Waals surface area contributed by atoms with Gasteiger partial charge < -0.3 is 14.3 Å². The number of hydrogen-bond donors (Lipinski definition) is 1. The molecular formula is C14H19N3O2. The van der Waals surface area contributed by atoms with Crippen molar-refractivity contribution >= 4 is 5.91 Å². The van der Waals surface area contributed by atoms with Gasteiger partial charge in [-0.3, -0.25) is 9.69 Å². The average molecular weight is 261 g/mol. The van der Waals surface area contributed by atoms with Crippen LogP contribution < -0.4 is 5.32 Å². The van der Waals surface area contributed by atoms with Crippen molar-refractivity contribution in [1.82, 2.24) is 14.8 Å². The van der Waals surface area contributed by atoms with E-state index < -0.39 is 0 Å². The van der Waals surface area contributed by atoms with Crippen LogP contribution in [0.4, 0.5) is 0 Å². The van der Waals surface area contributed by atoms with Crippen molar-refractivity contribution in [2.24, 2.45) is 7.05 Å². The van der Waals surface area contributed by atoms with Gasteiger partial charge in [-0.1, -0.05) is 0 Å². The summed E-state index contributed by atoms with van der Waals surface area (Å²) in [6.45, 7) is 0.504. The Balaban J connectivity index is 2.00. The molecule has 2 aromatic heterocycles. The number of aromatic nitrogens is 1. The van der Waals surface area contributed by atoms with Crippen LogP contribution in [0.2, 0.25) is 0 Å². The minimum Gasteiger partial charge on any atom is -0.468 e. The Morgan fingerprint density at radius 1 is 1.42 bits per heavy atom. The van der Waals surface area contributed by atoms with E-state index in [1.54, 1.807) is 16.9 Å². The maximum atomic E-state index is 12.0. The van der Waals surface area contributed by atoms with Gasteiger partial charge in [0.25, 0.3) is 5.91 Å². The number of hydrogen-bond acceptors (Lipinski definition) is 3. The highest BCUT2D eigenvalue weighted by molar-refractivity contribution is 5.92. The summed E-state index contributed by atoms with van der Waals surface area (Å²) in [5.41, 5.74) is 0.650. The van der Waals surface area contributed by atoms with Crippen LogP contribution in [0, 0.1) is 0 Å². The number of nitrogens with one attached hydrogen (secondary N) is 1. The van der Waals surface area contributed by atoms with Gasteiger partial charge in [0.15, 0.2) is 0 Å². The molecule has 5 heteroatoms. The van der Waals surface area contributed by atoms with Gasteiger partial charge in [-0.25, -0.2) is 0 Å². The largest absolute Gasteiger partial charge is 0.468 e. The first kappa shape index (κ1) is 13.4. The third-order valence-corrected chi connectivity index (χ3v) is 3.13. The summed E-state index contributed by atoms with van der Waals surface area (Å²) in [6, 6.07) is 7.45. The van der Waals surface area contributed by atoms with Crippen LogP contribution in [0.15, 0.2) is 41.1 Å². The third-order valence-electron chi connectivity index (χ3n) is 3.13. The van der Waals surface area contributed by atoms with Gasteiger partial charge in [-0.2, -0.15) is 0 Å². The summed E-state index contributed by atoms with van der Waals surface area (Å²) in [4.78, 5) is 14.1. The van der Waals surface area contributed by atoms with Crippen LogP contribution in [0.5, 0.6) is 0 Å². The standard InChI is InChI=1S/C14H19N3O2/c1-16(2)12(13-7-5-9-19-13)10-15-14(18)11-6-4-8-17(11)3/h4-9,12H,10H2,1-3H3,(H,15,18). The van der Waals surface area contributed by atoms with Crippen molar-refractivity contribution in [1.29, 1.82) is 0 Å². The molecule has 0 bridgehead atoms. The van der Waals surface area contributed by atoms with Crippen molar-refractivity contribution in [3.05, 3.63) is 48.2 Å². The molecule has 19 heavy (non-hydrogen) atoms. The second-order valence-electron chi connectivity index (χ2n) is 4.71. The Hall–Kier alpha value is -2.01. The first-order chi connectivity index (χ1) is 9.09. The number of amides is 1. The van der Waals surface area contributed by atoms with Crippen LogP contribution in [0.1, 0.15) is 22.3 Å². The van der Waals surface area contributed by atoms with Crippen LogP contribution in [-0.2, 0) is 7.05 Å². The quantitative estimate of drug-likeness (QED) is 0.890. The van der Waals surface area contributed by atoms with Gasteiger partial charge >= 0.3 is 0 Å². The molecule has 0 radical (unpaired) electrons. The molecule has 0 saturated heterocycles. The van der Waals surface area contributed by atoms with E-state index >= 15 is 0 Å². The zero-order valence-corrected chi connectivity index (χ0v) is 11.5. The zero-order valence-electron chi connectivity index (χ0n) is 11.5. The van der Waals surface area contributed by atoms with E-state index in [1.807, 2.05) is 50.4 Å². The van der Waals surface area contributed by atoms with E-state index in [4.69, 9.17) is 4.42 Å². The Morgan fingerprint density at radius 3 is 2.74 bits per heavy atom. The Kier molecular flexibility index (Phi) is 4.06. The minimum atomic E-state index is -0.0779. The molecule has 1 unspecified atom stereocenters. The number of carbonyl (C=O) groups excluding carboxylic acids is 1. The summed E-state index contributed by atoms with van der Waals surface area (Å²) >= 11 is 0. The number of likely N-dealkylation sites (N-methyl/N-ethyl adjacent to an activating group) is 1. The Bertz CT molecular complexity index is 529. The second kappa shape index (κ2) is 5.75. The van der Waals surface area contributed by atoms with E-state index in [2.05, 4.69) is 5.32 Å². The molecule has 0 aromatic carbocycles. The van der Waals surface area contributed by atoms with Crippen LogP contribution in [-0.4, -0.2) is 36.0 Å². The van der Waals surface area contributed by atoms with Gasteiger partial charge in [0, 0.05) is 19.8 Å². The number of carbonyl (C=O) groups is 1. The average Bonchev–Trinajstić information content (AvgIpc) is 3.00. The van der Waals surface area contributed by atoms with Crippen LogP contribution in [0.3, 0.4) is 0 Å². The lowest BCUT2D eigenvalue weighted by molar-refractivity contribution is 0.0931. The van der Waals surface area contributed by atoms with E-state index in [9.17, 15) is 4.79 Å². The lowest BCUT2D eigenvalue weighted by atomic mass is 10.2. The minimum absolute atomic E-state index is 0.0271. The molecular weight excluding hydrogens is 242 g/mol. The van der Waals surface area contributed by atoms with Crippen molar-refractivity contribution in [3.8, 4) is 0 Å². The molecule has 2 aromatic rings. The smallest absolute Gasteiger partial charge is 0.267 e. The molecule has 0 aliphatic rings. The summed E-state index contributed by atoms with van der Waals surface area (Å²) in [5, 5.41) is 2.93. The summed E-state index contributed by atoms with van der Waals surface area (Å²) < 4.78 is 7.20. The van der Waals surface area contributed by atoms with E-state index in [-0.39, 0.29) is 11.9 Å². The maximum absolute atomic E-state index is 12.0. The van der Waals surface area contributed by atoms with Gasteiger partial charge in [-0.05, 0) is 38.4 Å². The molecule has 2 heterocycles. The highest BCUT2D eigenvalue weighted by Crippen LogP contribution is 2.17. The fourth-order valence-corrected chi connectivity index (χ4v) is 2.00. The van der Waals surface area contributed by atoms with Crippen LogP contribution >= 0.6 is 0 Å². The molecule has 0 aliphatic heterocycles. The molecule has 0 saturated carbocycles. The number of rotatable bonds is 5. The highest BCUT2D eigenvalue weighted by atomic mass is 16.3. The summed E-state index contributed by atoms with van der Waals surface area (Å²) in [6.07, 6.45) is 3.50. The first-order valence-corrected chi connectivity index (χ1v) is 6.19. The molecule has 0 fully saturated rings. The molecule has 1 N–H and O–H groups in total. The molecule has 5 nitrogen and oxygen atoms in total. The monoisotopic (exact) mass is 261 g/mol. The third kappa shape index (κ3) is 3.06. The number of furan rings is 1. The van der Waals surface area contributed by atoms with Gasteiger partial charge in [0.2, 0.25) is 0 Å². The van der Waals surface area contributed by atoms with Crippen molar-refractivity contribution in [2.45, 2.75) is 6.04 Å². The van der Waals surface area contributed by atoms with Gasteiger partial charge in [-0.15, -0.1) is 0 Å². The predicted molar refractivity (Wildman–Crippen MR) is 72.9 cm³/mol.